The van der Waals surface area contributed by atoms with Gasteiger partial charge < -0.3 is 20.3 Å². The Morgan fingerprint density at radius 2 is 1.90 bits per heavy atom. The molecule has 1 atom stereocenters. The SMILES string of the molecule is COc1cc(OCc2ccccc2)ccc1C(N)CCO. The first kappa shape index (κ1) is 15.4. The molecule has 112 valence electrons. The Kier molecular flexibility index (Phi) is 5.60. The maximum atomic E-state index is 8.98. The van der Waals surface area contributed by atoms with Crippen LogP contribution in [0, 0.1) is 0 Å². The minimum absolute atomic E-state index is 0.0522. The summed E-state index contributed by atoms with van der Waals surface area (Å²) in [5, 5.41) is 8.98. The summed E-state index contributed by atoms with van der Waals surface area (Å²) in [5.41, 5.74) is 8.00. The monoisotopic (exact) mass is 287 g/mol. The largest absolute Gasteiger partial charge is 0.496 e. The molecule has 0 aliphatic heterocycles. The van der Waals surface area contributed by atoms with E-state index in [0.29, 0.717) is 18.8 Å². The fraction of sp³-hybridized carbons (Fsp3) is 0.294. The first-order valence-electron chi connectivity index (χ1n) is 6.95. The molecule has 0 spiro atoms. The van der Waals surface area contributed by atoms with Crippen LogP contribution in [0.5, 0.6) is 11.5 Å². The van der Waals surface area contributed by atoms with Gasteiger partial charge >= 0.3 is 0 Å². The molecule has 0 radical (unpaired) electrons. The molecule has 0 aromatic heterocycles. The second-order valence-electron chi connectivity index (χ2n) is 4.80. The lowest BCUT2D eigenvalue weighted by Gasteiger charge is -2.16. The van der Waals surface area contributed by atoms with Crippen LogP contribution in [0.2, 0.25) is 0 Å². The van der Waals surface area contributed by atoms with E-state index in [-0.39, 0.29) is 12.6 Å². The lowest BCUT2D eigenvalue weighted by Crippen LogP contribution is -2.13. The van der Waals surface area contributed by atoms with Crippen molar-refractivity contribution >= 4 is 0 Å². The zero-order valence-corrected chi connectivity index (χ0v) is 12.2. The third kappa shape index (κ3) is 4.21. The number of aliphatic hydroxyl groups excluding tert-OH is 1. The van der Waals surface area contributed by atoms with Gasteiger partial charge in [0, 0.05) is 24.3 Å². The Balaban J connectivity index is 2.08. The van der Waals surface area contributed by atoms with Gasteiger partial charge in [-0.15, -0.1) is 0 Å². The summed E-state index contributed by atoms with van der Waals surface area (Å²) in [7, 11) is 1.60. The quantitative estimate of drug-likeness (QED) is 0.821. The van der Waals surface area contributed by atoms with Crippen LogP contribution in [0.15, 0.2) is 48.5 Å². The predicted octanol–water partition coefficient (Wildman–Crippen LogP) is 2.66. The van der Waals surface area contributed by atoms with E-state index in [1.807, 2.05) is 48.5 Å². The van der Waals surface area contributed by atoms with Crippen molar-refractivity contribution in [1.82, 2.24) is 0 Å². The lowest BCUT2D eigenvalue weighted by molar-refractivity contribution is 0.274. The second kappa shape index (κ2) is 7.67. The molecular formula is C17H21NO3. The number of nitrogens with two attached hydrogens (primary N) is 1. The maximum Gasteiger partial charge on any atom is 0.127 e. The molecule has 2 rings (SSSR count). The van der Waals surface area contributed by atoms with Crippen LogP contribution in [-0.4, -0.2) is 18.8 Å². The van der Waals surface area contributed by atoms with Crippen molar-refractivity contribution in [2.45, 2.75) is 19.1 Å². The van der Waals surface area contributed by atoms with Crippen molar-refractivity contribution in [3.8, 4) is 11.5 Å². The molecular weight excluding hydrogens is 266 g/mol. The average Bonchev–Trinajstić information content (AvgIpc) is 2.53. The minimum Gasteiger partial charge on any atom is -0.496 e. The molecule has 1 unspecified atom stereocenters. The van der Waals surface area contributed by atoms with Crippen molar-refractivity contribution in [1.29, 1.82) is 0 Å². The summed E-state index contributed by atoms with van der Waals surface area (Å²) in [4.78, 5) is 0. The van der Waals surface area contributed by atoms with Crippen LogP contribution in [0.1, 0.15) is 23.6 Å². The van der Waals surface area contributed by atoms with Gasteiger partial charge in [0.05, 0.1) is 7.11 Å². The lowest BCUT2D eigenvalue weighted by atomic mass is 10.0. The van der Waals surface area contributed by atoms with E-state index in [1.165, 1.54) is 0 Å². The Morgan fingerprint density at radius 3 is 2.57 bits per heavy atom. The van der Waals surface area contributed by atoms with Crippen molar-refractivity contribution in [2.75, 3.05) is 13.7 Å². The summed E-state index contributed by atoms with van der Waals surface area (Å²) < 4.78 is 11.1. The van der Waals surface area contributed by atoms with E-state index >= 15 is 0 Å². The number of hydrogen-bond donors (Lipinski definition) is 2. The highest BCUT2D eigenvalue weighted by Crippen LogP contribution is 2.30. The molecule has 0 fully saturated rings. The van der Waals surface area contributed by atoms with Crippen LogP contribution < -0.4 is 15.2 Å². The van der Waals surface area contributed by atoms with E-state index < -0.39 is 0 Å². The van der Waals surface area contributed by atoms with Gasteiger partial charge in [0.15, 0.2) is 0 Å². The standard InChI is InChI=1S/C17H21NO3/c1-20-17-11-14(7-8-15(17)16(18)9-10-19)21-12-13-5-3-2-4-6-13/h2-8,11,16,19H,9-10,12,18H2,1H3. The molecule has 0 bridgehead atoms. The number of methoxy groups -OCH3 is 1. The van der Waals surface area contributed by atoms with Crippen LogP contribution >= 0.6 is 0 Å². The average molecular weight is 287 g/mol. The third-order valence-electron chi connectivity index (χ3n) is 3.29. The smallest absolute Gasteiger partial charge is 0.127 e. The van der Waals surface area contributed by atoms with Gasteiger partial charge in [-0.2, -0.15) is 0 Å². The minimum atomic E-state index is -0.242. The fourth-order valence-electron chi connectivity index (χ4n) is 2.12. The second-order valence-corrected chi connectivity index (χ2v) is 4.80. The number of rotatable bonds is 7. The molecule has 0 amide bonds. The molecule has 4 nitrogen and oxygen atoms in total. The molecule has 3 N–H and O–H groups in total. The van der Waals surface area contributed by atoms with Gasteiger partial charge in [-0.1, -0.05) is 36.4 Å². The van der Waals surface area contributed by atoms with E-state index in [4.69, 9.17) is 20.3 Å². The summed E-state index contributed by atoms with van der Waals surface area (Å²) >= 11 is 0. The van der Waals surface area contributed by atoms with Gasteiger partial charge in [-0.3, -0.25) is 0 Å². The number of hydrogen-bond acceptors (Lipinski definition) is 4. The van der Waals surface area contributed by atoms with E-state index in [1.54, 1.807) is 7.11 Å². The van der Waals surface area contributed by atoms with Gasteiger partial charge in [0.25, 0.3) is 0 Å². The fourth-order valence-corrected chi connectivity index (χ4v) is 2.12. The van der Waals surface area contributed by atoms with Crippen LogP contribution in [0.25, 0.3) is 0 Å². The van der Waals surface area contributed by atoms with Crippen LogP contribution in [-0.2, 0) is 6.61 Å². The molecule has 2 aromatic carbocycles. The predicted molar refractivity (Wildman–Crippen MR) is 82.4 cm³/mol. The molecule has 0 heterocycles. The van der Waals surface area contributed by atoms with Crippen molar-refractivity contribution in [2.24, 2.45) is 5.73 Å². The van der Waals surface area contributed by atoms with Crippen molar-refractivity contribution in [3.05, 3.63) is 59.7 Å². The topological polar surface area (TPSA) is 64.7 Å². The van der Waals surface area contributed by atoms with Gasteiger partial charge in [0.2, 0.25) is 0 Å². The van der Waals surface area contributed by atoms with Crippen LogP contribution in [0.4, 0.5) is 0 Å². The third-order valence-corrected chi connectivity index (χ3v) is 3.29. The molecule has 0 aliphatic rings. The zero-order valence-electron chi connectivity index (χ0n) is 12.2. The normalized spacial score (nSPS) is 12.0. The van der Waals surface area contributed by atoms with Crippen LogP contribution in [0.3, 0.4) is 0 Å². The van der Waals surface area contributed by atoms with Gasteiger partial charge in [-0.05, 0) is 18.1 Å². The number of benzene rings is 2. The van der Waals surface area contributed by atoms with Gasteiger partial charge in [0.1, 0.15) is 18.1 Å². The zero-order chi connectivity index (χ0) is 15.1. The molecule has 2 aromatic rings. The molecule has 0 aliphatic carbocycles. The highest BCUT2D eigenvalue weighted by Gasteiger charge is 2.12. The Labute approximate surface area is 125 Å². The Bertz CT molecular complexity index is 557. The molecule has 21 heavy (non-hydrogen) atoms. The highest BCUT2D eigenvalue weighted by atomic mass is 16.5. The van der Waals surface area contributed by atoms with Crippen molar-refractivity contribution in [3.63, 3.8) is 0 Å². The summed E-state index contributed by atoms with van der Waals surface area (Å²) in [5.74, 6) is 1.41. The number of aliphatic hydroxyl groups is 1. The molecule has 0 saturated carbocycles. The molecule has 0 saturated heterocycles. The van der Waals surface area contributed by atoms with E-state index in [0.717, 1.165) is 16.9 Å². The van der Waals surface area contributed by atoms with E-state index in [9.17, 15) is 0 Å². The van der Waals surface area contributed by atoms with E-state index in [2.05, 4.69) is 0 Å². The molecule has 4 heteroatoms. The summed E-state index contributed by atoms with van der Waals surface area (Å²) in [6.07, 6.45) is 0.501. The Morgan fingerprint density at radius 1 is 1.14 bits per heavy atom. The first-order valence-corrected chi connectivity index (χ1v) is 6.95. The number of ether oxygens (including phenoxy) is 2. The summed E-state index contributed by atoms with van der Waals surface area (Å²) in [6.45, 7) is 0.558. The first-order chi connectivity index (χ1) is 10.2. The Hall–Kier alpha value is -2.04. The van der Waals surface area contributed by atoms with Gasteiger partial charge in [-0.25, -0.2) is 0 Å². The maximum absolute atomic E-state index is 8.98. The van der Waals surface area contributed by atoms with Crippen molar-refractivity contribution < 1.29 is 14.6 Å². The summed E-state index contributed by atoms with van der Waals surface area (Å²) in [6, 6.07) is 15.3. The highest BCUT2D eigenvalue weighted by molar-refractivity contribution is 5.42.